The molecule has 0 aromatic heterocycles. The minimum absolute atomic E-state index is 0. The number of benzene rings is 1. The average molecular weight is 463 g/mol. The first-order valence-electron chi connectivity index (χ1n) is 8.93. The van der Waals surface area contributed by atoms with Gasteiger partial charge in [-0.2, -0.15) is 0 Å². The van der Waals surface area contributed by atoms with Gasteiger partial charge < -0.3 is 15.4 Å². The molecular weight excluding hydrogens is 432 g/mol. The molecule has 25 heavy (non-hydrogen) atoms. The molecule has 2 rings (SSSR count). The van der Waals surface area contributed by atoms with Crippen LogP contribution >= 0.6 is 24.0 Å². The van der Waals surface area contributed by atoms with Crippen LogP contribution in [-0.4, -0.2) is 32.8 Å². The van der Waals surface area contributed by atoms with E-state index in [0.29, 0.717) is 12.0 Å². The van der Waals surface area contributed by atoms with Crippen molar-refractivity contribution in [3.63, 3.8) is 0 Å². The van der Waals surface area contributed by atoms with Gasteiger partial charge in [0.25, 0.3) is 0 Å². The van der Waals surface area contributed by atoms with Gasteiger partial charge in [-0.05, 0) is 49.3 Å². The third-order valence-electron chi connectivity index (χ3n) is 4.78. The molecule has 0 aliphatic heterocycles. The summed E-state index contributed by atoms with van der Waals surface area (Å²) < 4.78 is 18.6. The van der Waals surface area contributed by atoms with Crippen molar-refractivity contribution in [1.29, 1.82) is 0 Å². The summed E-state index contributed by atoms with van der Waals surface area (Å²) in [5.74, 6) is 0.579. The zero-order valence-corrected chi connectivity index (χ0v) is 17.6. The molecule has 0 heterocycles. The van der Waals surface area contributed by atoms with Crippen molar-refractivity contribution in [3.05, 3.63) is 35.6 Å². The Kier molecular flexibility index (Phi) is 10.3. The SMILES string of the molecule is CCNC(=NCc1cccc(F)c1)NCC1(CCOC)CCCC1.I. The molecule has 0 unspecified atom stereocenters. The fraction of sp³-hybridized carbons (Fsp3) is 0.632. The molecule has 1 aromatic carbocycles. The van der Waals surface area contributed by atoms with E-state index >= 15 is 0 Å². The summed E-state index contributed by atoms with van der Waals surface area (Å²) in [5.41, 5.74) is 1.19. The fourth-order valence-corrected chi connectivity index (χ4v) is 3.38. The Morgan fingerprint density at radius 2 is 2.04 bits per heavy atom. The number of rotatable bonds is 8. The number of methoxy groups -OCH3 is 1. The lowest BCUT2D eigenvalue weighted by molar-refractivity contribution is 0.138. The Bertz CT molecular complexity index is 533. The second kappa shape index (κ2) is 11.7. The first kappa shape index (κ1) is 22.2. The Balaban J connectivity index is 0.00000312. The maximum atomic E-state index is 13.3. The van der Waals surface area contributed by atoms with Gasteiger partial charge >= 0.3 is 0 Å². The van der Waals surface area contributed by atoms with E-state index in [1.165, 1.54) is 37.8 Å². The number of hydrogen-bond acceptors (Lipinski definition) is 2. The summed E-state index contributed by atoms with van der Waals surface area (Å²) in [7, 11) is 1.76. The van der Waals surface area contributed by atoms with Crippen molar-refractivity contribution >= 4 is 29.9 Å². The number of nitrogens with zero attached hydrogens (tertiary/aromatic N) is 1. The lowest BCUT2D eigenvalue weighted by Crippen LogP contribution is -2.43. The van der Waals surface area contributed by atoms with Crippen LogP contribution in [0.5, 0.6) is 0 Å². The highest BCUT2D eigenvalue weighted by atomic mass is 127. The molecule has 0 bridgehead atoms. The lowest BCUT2D eigenvalue weighted by atomic mass is 9.83. The van der Waals surface area contributed by atoms with Crippen LogP contribution in [-0.2, 0) is 11.3 Å². The van der Waals surface area contributed by atoms with Crippen LogP contribution in [0.15, 0.2) is 29.3 Å². The molecule has 2 N–H and O–H groups in total. The quantitative estimate of drug-likeness (QED) is 0.347. The number of aliphatic imine (C=N–C) groups is 1. The summed E-state index contributed by atoms with van der Waals surface area (Å²) in [4.78, 5) is 4.59. The predicted octanol–water partition coefficient (Wildman–Crippen LogP) is 4.10. The van der Waals surface area contributed by atoms with Crippen molar-refractivity contribution in [1.82, 2.24) is 10.6 Å². The van der Waals surface area contributed by atoms with E-state index < -0.39 is 0 Å². The third kappa shape index (κ3) is 7.48. The molecular formula is C19H31FIN3O. The van der Waals surface area contributed by atoms with Crippen molar-refractivity contribution < 1.29 is 9.13 Å². The zero-order chi connectivity index (χ0) is 17.3. The molecule has 4 nitrogen and oxygen atoms in total. The second-order valence-corrected chi connectivity index (χ2v) is 6.63. The van der Waals surface area contributed by atoms with Gasteiger partial charge in [-0.15, -0.1) is 24.0 Å². The first-order chi connectivity index (χ1) is 11.7. The van der Waals surface area contributed by atoms with E-state index in [0.717, 1.165) is 37.6 Å². The molecule has 1 aliphatic carbocycles. The molecule has 0 saturated heterocycles. The van der Waals surface area contributed by atoms with Crippen LogP contribution in [0.4, 0.5) is 4.39 Å². The summed E-state index contributed by atoms with van der Waals surface area (Å²) in [6.07, 6.45) is 6.16. The van der Waals surface area contributed by atoms with Gasteiger partial charge in [-0.1, -0.05) is 25.0 Å². The zero-order valence-electron chi connectivity index (χ0n) is 15.3. The van der Waals surface area contributed by atoms with Crippen LogP contribution in [0.1, 0.15) is 44.6 Å². The van der Waals surface area contributed by atoms with Crippen LogP contribution in [0.2, 0.25) is 0 Å². The van der Waals surface area contributed by atoms with E-state index in [4.69, 9.17) is 4.74 Å². The smallest absolute Gasteiger partial charge is 0.191 e. The molecule has 1 saturated carbocycles. The molecule has 142 valence electrons. The van der Waals surface area contributed by atoms with E-state index in [9.17, 15) is 4.39 Å². The Morgan fingerprint density at radius 1 is 1.28 bits per heavy atom. The molecule has 0 spiro atoms. The summed E-state index contributed by atoms with van der Waals surface area (Å²) in [5, 5.41) is 6.77. The van der Waals surface area contributed by atoms with Crippen molar-refractivity contribution in [2.24, 2.45) is 10.4 Å². The summed E-state index contributed by atoms with van der Waals surface area (Å²) in [6, 6.07) is 6.60. The van der Waals surface area contributed by atoms with Gasteiger partial charge in [-0.25, -0.2) is 9.38 Å². The molecule has 0 radical (unpaired) electrons. The Labute approximate surface area is 168 Å². The maximum Gasteiger partial charge on any atom is 0.191 e. The minimum atomic E-state index is -0.217. The van der Waals surface area contributed by atoms with Crippen LogP contribution < -0.4 is 10.6 Å². The van der Waals surface area contributed by atoms with Crippen molar-refractivity contribution in [2.75, 3.05) is 26.8 Å². The Hall–Kier alpha value is -0.890. The third-order valence-corrected chi connectivity index (χ3v) is 4.78. The molecule has 0 atom stereocenters. The number of ether oxygens (including phenoxy) is 1. The van der Waals surface area contributed by atoms with Gasteiger partial charge in [0.05, 0.1) is 6.54 Å². The highest BCUT2D eigenvalue weighted by Gasteiger charge is 2.33. The van der Waals surface area contributed by atoms with Crippen molar-refractivity contribution in [2.45, 2.75) is 45.6 Å². The van der Waals surface area contributed by atoms with Gasteiger partial charge in [0, 0.05) is 26.8 Å². The highest BCUT2D eigenvalue weighted by molar-refractivity contribution is 14.0. The van der Waals surface area contributed by atoms with Gasteiger partial charge in [0.1, 0.15) is 5.82 Å². The second-order valence-electron chi connectivity index (χ2n) is 6.63. The summed E-state index contributed by atoms with van der Waals surface area (Å²) >= 11 is 0. The topological polar surface area (TPSA) is 45.7 Å². The molecule has 1 aliphatic rings. The fourth-order valence-electron chi connectivity index (χ4n) is 3.38. The highest BCUT2D eigenvalue weighted by Crippen LogP contribution is 2.40. The van der Waals surface area contributed by atoms with Crippen LogP contribution in [0, 0.1) is 11.2 Å². The number of guanidine groups is 1. The van der Waals surface area contributed by atoms with Gasteiger partial charge in [0.15, 0.2) is 5.96 Å². The van der Waals surface area contributed by atoms with Crippen LogP contribution in [0.25, 0.3) is 0 Å². The van der Waals surface area contributed by atoms with E-state index in [-0.39, 0.29) is 29.8 Å². The monoisotopic (exact) mass is 463 g/mol. The van der Waals surface area contributed by atoms with E-state index in [2.05, 4.69) is 22.5 Å². The molecule has 1 aromatic rings. The molecule has 0 amide bonds. The maximum absolute atomic E-state index is 13.3. The molecule has 6 heteroatoms. The van der Waals surface area contributed by atoms with E-state index in [1.807, 2.05) is 6.07 Å². The Morgan fingerprint density at radius 3 is 2.68 bits per heavy atom. The van der Waals surface area contributed by atoms with E-state index in [1.54, 1.807) is 13.2 Å². The number of halogens is 2. The molecule has 1 fully saturated rings. The number of nitrogens with one attached hydrogen (secondary N) is 2. The van der Waals surface area contributed by atoms with Gasteiger partial charge in [0.2, 0.25) is 0 Å². The van der Waals surface area contributed by atoms with Crippen LogP contribution in [0.3, 0.4) is 0 Å². The summed E-state index contributed by atoms with van der Waals surface area (Å²) in [6.45, 7) is 5.04. The lowest BCUT2D eigenvalue weighted by Gasteiger charge is -2.30. The number of hydrogen-bond donors (Lipinski definition) is 2. The average Bonchev–Trinajstić information content (AvgIpc) is 3.05. The van der Waals surface area contributed by atoms with Gasteiger partial charge in [-0.3, -0.25) is 0 Å². The van der Waals surface area contributed by atoms with Crippen molar-refractivity contribution in [3.8, 4) is 0 Å². The normalized spacial score (nSPS) is 16.4. The minimum Gasteiger partial charge on any atom is -0.385 e. The first-order valence-corrected chi connectivity index (χ1v) is 8.93. The predicted molar refractivity (Wildman–Crippen MR) is 112 cm³/mol. The standard InChI is InChI=1S/C19H30FN3O.HI/c1-3-21-18(22-14-16-7-6-8-17(20)13-16)23-15-19(11-12-24-2)9-4-5-10-19;/h6-8,13H,3-5,9-12,14-15H2,1-2H3,(H2,21,22,23);1H. The largest absolute Gasteiger partial charge is 0.385 e.